The van der Waals surface area contributed by atoms with Crippen LogP contribution in [0.1, 0.15) is 12.0 Å². The lowest BCUT2D eigenvalue weighted by atomic mass is 10.2. The fourth-order valence-corrected chi connectivity index (χ4v) is 1.26. The van der Waals surface area contributed by atoms with E-state index in [1.807, 2.05) is 18.2 Å². The fourth-order valence-electron chi connectivity index (χ4n) is 0.877. The average Bonchev–Trinajstić information content (AvgIpc) is 2.09. The van der Waals surface area contributed by atoms with Crippen LogP contribution in [0.15, 0.2) is 22.7 Å². The van der Waals surface area contributed by atoms with Gasteiger partial charge in [0, 0.05) is 28.7 Å². The van der Waals surface area contributed by atoms with Crippen molar-refractivity contribution in [3.05, 3.63) is 28.2 Å². The maximum Gasteiger partial charge on any atom is 0.0484 e. The zero-order chi connectivity index (χ0) is 9.68. The zero-order valence-electron chi connectivity index (χ0n) is 7.18. The van der Waals surface area contributed by atoms with Crippen molar-refractivity contribution < 1.29 is 0 Å². The predicted octanol–water partition coefficient (Wildman–Crippen LogP) is 1.73. The van der Waals surface area contributed by atoms with Crippen LogP contribution < -0.4 is 11.5 Å². The Morgan fingerprint density at radius 1 is 1.38 bits per heavy atom. The molecule has 1 aromatic carbocycles. The highest BCUT2D eigenvalue weighted by Gasteiger charge is 1.94. The Bertz CT molecular complexity index is 350. The maximum atomic E-state index is 5.74. The van der Waals surface area contributed by atoms with E-state index in [4.69, 9.17) is 11.5 Å². The van der Waals surface area contributed by atoms with Gasteiger partial charge in [0.05, 0.1) is 0 Å². The number of hydrogen-bond donors (Lipinski definition) is 2. The van der Waals surface area contributed by atoms with E-state index >= 15 is 0 Å². The summed E-state index contributed by atoms with van der Waals surface area (Å²) in [4.78, 5) is 0. The van der Waals surface area contributed by atoms with Gasteiger partial charge in [0.15, 0.2) is 0 Å². The van der Waals surface area contributed by atoms with Crippen molar-refractivity contribution in [2.75, 3.05) is 12.3 Å². The molecule has 0 unspecified atom stereocenters. The maximum absolute atomic E-state index is 5.74. The first-order chi connectivity index (χ1) is 6.24. The van der Waals surface area contributed by atoms with Gasteiger partial charge in [-0.25, -0.2) is 0 Å². The lowest BCUT2D eigenvalue weighted by Gasteiger charge is -1.97. The second kappa shape index (κ2) is 4.90. The third kappa shape index (κ3) is 3.10. The number of halogens is 1. The molecular formula is C10H11BrN2. The Morgan fingerprint density at radius 3 is 2.77 bits per heavy atom. The van der Waals surface area contributed by atoms with E-state index in [-0.39, 0.29) is 0 Å². The van der Waals surface area contributed by atoms with Gasteiger partial charge in [-0.3, -0.25) is 0 Å². The molecule has 0 radical (unpaired) electrons. The second-order valence-corrected chi connectivity index (χ2v) is 3.49. The fraction of sp³-hybridized carbons (Fsp3) is 0.200. The average molecular weight is 239 g/mol. The first-order valence-corrected chi connectivity index (χ1v) is 4.77. The minimum atomic E-state index is 0.587. The molecule has 0 aromatic heterocycles. The highest BCUT2D eigenvalue weighted by Crippen LogP contribution is 2.17. The van der Waals surface area contributed by atoms with Gasteiger partial charge in [0.25, 0.3) is 0 Å². The van der Waals surface area contributed by atoms with Crippen LogP contribution in [0.3, 0.4) is 0 Å². The number of rotatable bonds is 1. The minimum Gasteiger partial charge on any atom is -0.398 e. The van der Waals surface area contributed by atoms with Gasteiger partial charge in [-0.05, 0) is 18.2 Å². The smallest absolute Gasteiger partial charge is 0.0484 e. The van der Waals surface area contributed by atoms with Gasteiger partial charge in [-0.1, -0.05) is 27.8 Å². The number of anilines is 1. The van der Waals surface area contributed by atoms with Gasteiger partial charge < -0.3 is 11.5 Å². The molecule has 68 valence electrons. The van der Waals surface area contributed by atoms with Crippen molar-refractivity contribution in [3.8, 4) is 11.8 Å². The van der Waals surface area contributed by atoms with E-state index in [1.165, 1.54) is 0 Å². The molecule has 0 aliphatic carbocycles. The topological polar surface area (TPSA) is 52.0 Å². The molecule has 2 nitrogen and oxygen atoms in total. The summed E-state index contributed by atoms with van der Waals surface area (Å²) in [5.41, 5.74) is 12.6. The third-order valence-electron chi connectivity index (χ3n) is 1.51. The molecule has 0 saturated carbocycles. The molecule has 3 heteroatoms. The van der Waals surface area contributed by atoms with Gasteiger partial charge in [-0.2, -0.15) is 0 Å². The summed E-state index contributed by atoms with van der Waals surface area (Å²) in [6.07, 6.45) is 0.704. The van der Waals surface area contributed by atoms with Crippen molar-refractivity contribution >= 4 is 21.6 Å². The molecule has 0 amide bonds. The van der Waals surface area contributed by atoms with Gasteiger partial charge in [-0.15, -0.1) is 0 Å². The SMILES string of the molecule is NCCC#Cc1ccc(Br)cc1N. The summed E-state index contributed by atoms with van der Waals surface area (Å²) in [6, 6.07) is 5.65. The first kappa shape index (κ1) is 10.1. The number of hydrogen-bond acceptors (Lipinski definition) is 2. The molecule has 4 N–H and O–H groups in total. The van der Waals surface area contributed by atoms with E-state index < -0.39 is 0 Å². The summed E-state index contributed by atoms with van der Waals surface area (Å²) >= 11 is 3.33. The lowest BCUT2D eigenvalue weighted by molar-refractivity contribution is 1.03. The third-order valence-corrected chi connectivity index (χ3v) is 2.00. The van der Waals surface area contributed by atoms with Crippen molar-refractivity contribution in [1.29, 1.82) is 0 Å². The Kier molecular flexibility index (Phi) is 3.81. The van der Waals surface area contributed by atoms with Crippen molar-refractivity contribution in [2.24, 2.45) is 5.73 Å². The Balaban J connectivity index is 2.85. The molecule has 0 bridgehead atoms. The molecule has 1 aromatic rings. The molecule has 0 heterocycles. The van der Waals surface area contributed by atoms with Gasteiger partial charge in [0.2, 0.25) is 0 Å². The van der Waals surface area contributed by atoms with E-state index in [2.05, 4.69) is 27.8 Å². The van der Waals surface area contributed by atoms with Gasteiger partial charge >= 0.3 is 0 Å². The zero-order valence-corrected chi connectivity index (χ0v) is 8.76. The highest BCUT2D eigenvalue weighted by atomic mass is 79.9. The Hall–Kier alpha value is -0.980. The molecule has 0 spiro atoms. The van der Waals surface area contributed by atoms with E-state index in [0.717, 1.165) is 10.0 Å². The van der Waals surface area contributed by atoms with Crippen LogP contribution >= 0.6 is 15.9 Å². The Morgan fingerprint density at radius 2 is 2.15 bits per heavy atom. The van der Waals surface area contributed by atoms with E-state index in [9.17, 15) is 0 Å². The quantitative estimate of drug-likeness (QED) is 0.579. The van der Waals surface area contributed by atoms with Crippen molar-refractivity contribution in [1.82, 2.24) is 0 Å². The van der Waals surface area contributed by atoms with Crippen LogP contribution in [0, 0.1) is 11.8 Å². The molecular weight excluding hydrogens is 228 g/mol. The molecule has 1 rings (SSSR count). The standard InChI is InChI=1S/C10H11BrN2/c11-9-5-4-8(10(13)7-9)3-1-2-6-12/h4-5,7H,2,6,12-13H2. The van der Waals surface area contributed by atoms with Crippen LogP contribution in [0.5, 0.6) is 0 Å². The molecule has 0 saturated heterocycles. The molecule has 0 fully saturated rings. The highest BCUT2D eigenvalue weighted by molar-refractivity contribution is 9.10. The number of nitrogen functional groups attached to an aromatic ring is 1. The van der Waals surface area contributed by atoms with Crippen LogP contribution in [-0.2, 0) is 0 Å². The largest absolute Gasteiger partial charge is 0.398 e. The van der Waals surface area contributed by atoms with E-state index in [1.54, 1.807) is 0 Å². The van der Waals surface area contributed by atoms with Crippen LogP contribution in [0.4, 0.5) is 5.69 Å². The summed E-state index contributed by atoms with van der Waals surface area (Å²) in [7, 11) is 0. The predicted molar refractivity (Wildman–Crippen MR) is 59.1 cm³/mol. The van der Waals surface area contributed by atoms with Gasteiger partial charge in [0.1, 0.15) is 0 Å². The molecule has 0 aliphatic rings. The van der Waals surface area contributed by atoms with Crippen LogP contribution in [-0.4, -0.2) is 6.54 Å². The summed E-state index contributed by atoms with van der Waals surface area (Å²) in [5.74, 6) is 5.91. The molecule has 13 heavy (non-hydrogen) atoms. The lowest BCUT2D eigenvalue weighted by Crippen LogP contribution is -1.95. The first-order valence-electron chi connectivity index (χ1n) is 3.98. The second-order valence-electron chi connectivity index (χ2n) is 2.57. The summed E-state index contributed by atoms with van der Waals surface area (Å²) < 4.78 is 0.967. The summed E-state index contributed by atoms with van der Waals surface area (Å²) in [5, 5.41) is 0. The van der Waals surface area contributed by atoms with E-state index in [0.29, 0.717) is 18.7 Å². The van der Waals surface area contributed by atoms with Crippen molar-refractivity contribution in [2.45, 2.75) is 6.42 Å². The number of nitrogens with two attached hydrogens (primary N) is 2. The number of benzene rings is 1. The van der Waals surface area contributed by atoms with Crippen LogP contribution in [0.25, 0.3) is 0 Å². The van der Waals surface area contributed by atoms with Crippen molar-refractivity contribution in [3.63, 3.8) is 0 Å². The minimum absolute atomic E-state index is 0.587. The molecule has 0 atom stereocenters. The summed E-state index contributed by atoms with van der Waals surface area (Å²) in [6.45, 7) is 0.587. The normalized spacial score (nSPS) is 9.08. The Labute approximate surface area is 86.4 Å². The molecule has 0 aliphatic heterocycles. The van der Waals surface area contributed by atoms with Crippen LogP contribution in [0.2, 0.25) is 0 Å². The monoisotopic (exact) mass is 238 g/mol.